The Morgan fingerprint density at radius 2 is 1.79 bits per heavy atom. The lowest BCUT2D eigenvalue weighted by Gasteiger charge is -2.45. The predicted octanol–water partition coefficient (Wildman–Crippen LogP) is 4.86. The van der Waals surface area contributed by atoms with E-state index >= 15 is 0 Å². The summed E-state index contributed by atoms with van der Waals surface area (Å²) in [6.45, 7) is 14.7. The third kappa shape index (κ3) is 6.33. The van der Waals surface area contributed by atoms with E-state index in [1.165, 1.54) is 5.56 Å². The molecule has 1 amide bonds. The Bertz CT molecular complexity index is 1330. The molecule has 1 aliphatic rings. The van der Waals surface area contributed by atoms with Crippen LogP contribution in [0.15, 0.2) is 42.5 Å². The maximum atomic E-state index is 11.7. The van der Waals surface area contributed by atoms with Gasteiger partial charge in [0.15, 0.2) is 5.82 Å². The highest BCUT2D eigenvalue weighted by molar-refractivity contribution is 5.76. The fourth-order valence-electron chi connectivity index (χ4n) is 5.13. The first kappa shape index (κ1) is 28.4. The van der Waals surface area contributed by atoms with Gasteiger partial charge in [-0.1, -0.05) is 38.1 Å². The zero-order chi connectivity index (χ0) is 28.3. The third-order valence-electron chi connectivity index (χ3n) is 7.54. The molecule has 8 nitrogen and oxygen atoms in total. The Hall–Kier alpha value is -3.65. The molecule has 208 valence electrons. The fraction of sp³-hybridized carbons (Fsp3) is 0.452. The van der Waals surface area contributed by atoms with Gasteiger partial charge in [-0.25, -0.2) is 9.97 Å². The fourth-order valence-corrected chi connectivity index (χ4v) is 5.13. The second kappa shape index (κ2) is 12.0. The van der Waals surface area contributed by atoms with Crippen molar-refractivity contribution in [1.29, 1.82) is 0 Å². The topological polar surface area (TPSA) is 93.8 Å². The van der Waals surface area contributed by atoms with Crippen LogP contribution < -0.4 is 20.1 Å². The number of para-hydroxylation sites is 1. The first-order valence-electron chi connectivity index (χ1n) is 13.6. The molecular formula is C31H41N5O3. The quantitative estimate of drug-likeness (QED) is 0.422. The summed E-state index contributed by atoms with van der Waals surface area (Å²) in [6, 6.07) is 14.4. The number of aryl methyl sites for hydroxylation is 2. The molecule has 0 bridgehead atoms. The third-order valence-corrected chi connectivity index (χ3v) is 7.54. The smallest absolute Gasteiger partial charge is 0.231 e. The number of carbonyl (C=O) groups is 1. The molecule has 0 radical (unpaired) electrons. The SMILES string of the molecule is COc1ccccc1-c1nc(C)c(COc2cc(C(C)C)ccc2C)c(N2C[C@@H](C)N(CC(N)=O)C[C@@H]2C)n1. The number of anilines is 1. The molecule has 4 rings (SSSR count). The van der Waals surface area contributed by atoms with Crippen LogP contribution in [0.2, 0.25) is 0 Å². The van der Waals surface area contributed by atoms with E-state index in [-0.39, 0.29) is 24.5 Å². The summed E-state index contributed by atoms with van der Waals surface area (Å²) in [5.74, 6) is 3.15. The molecule has 3 aromatic rings. The van der Waals surface area contributed by atoms with E-state index in [4.69, 9.17) is 25.2 Å². The zero-order valence-corrected chi connectivity index (χ0v) is 24.2. The lowest BCUT2D eigenvalue weighted by atomic mass is 10.0. The van der Waals surface area contributed by atoms with E-state index < -0.39 is 0 Å². The van der Waals surface area contributed by atoms with Crippen molar-refractivity contribution in [3.8, 4) is 22.9 Å². The van der Waals surface area contributed by atoms with E-state index in [1.807, 2.05) is 31.2 Å². The Labute approximate surface area is 232 Å². The van der Waals surface area contributed by atoms with Crippen molar-refractivity contribution in [1.82, 2.24) is 14.9 Å². The highest BCUT2D eigenvalue weighted by Gasteiger charge is 2.33. The van der Waals surface area contributed by atoms with Crippen LogP contribution in [0.5, 0.6) is 11.5 Å². The minimum atomic E-state index is -0.313. The number of piperazine rings is 1. The number of methoxy groups -OCH3 is 1. The van der Waals surface area contributed by atoms with E-state index in [1.54, 1.807) is 7.11 Å². The first-order valence-corrected chi connectivity index (χ1v) is 13.6. The molecule has 1 fully saturated rings. The number of amides is 1. The predicted molar refractivity (Wildman–Crippen MR) is 155 cm³/mol. The van der Waals surface area contributed by atoms with Crippen molar-refractivity contribution in [3.05, 3.63) is 64.8 Å². The van der Waals surface area contributed by atoms with Crippen LogP contribution >= 0.6 is 0 Å². The molecule has 0 spiro atoms. The summed E-state index contributed by atoms with van der Waals surface area (Å²) in [7, 11) is 1.66. The molecule has 0 unspecified atom stereocenters. The molecule has 0 aliphatic carbocycles. The summed E-state index contributed by atoms with van der Waals surface area (Å²) in [6.07, 6.45) is 0. The van der Waals surface area contributed by atoms with Crippen LogP contribution in [-0.2, 0) is 11.4 Å². The molecule has 2 heterocycles. The van der Waals surface area contributed by atoms with Gasteiger partial charge in [0.25, 0.3) is 0 Å². The monoisotopic (exact) mass is 531 g/mol. The number of benzene rings is 2. The maximum Gasteiger partial charge on any atom is 0.231 e. The Morgan fingerprint density at radius 3 is 2.49 bits per heavy atom. The molecular weight excluding hydrogens is 490 g/mol. The molecule has 0 saturated carbocycles. The molecule has 39 heavy (non-hydrogen) atoms. The Balaban J connectivity index is 1.76. The van der Waals surface area contributed by atoms with Crippen LogP contribution in [0, 0.1) is 13.8 Å². The molecule has 2 aromatic carbocycles. The van der Waals surface area contributed by atoms with Crippen LogP contribution in [0.4, 0.5) is 5.82 Å². The summed E-state index contributed by atoms with van der Waals surface area (Å²) >= 11 is 0. The van der Waals surface area contributed by atoms with Gasteiger partial charge >= 0.3 is 0 Å². The van der Waals surface area contributed by atoms with Gasteiger partial charge in [-0.3, -0.25) is 9.69 Å². The maximum absolute atomic E-state index is 11.7. The lowest BCUT2D eigenvalue weighted by Crippen LogP contribution is -2.58. The Morgan fingerprint density at radius 1 is 1.05 bits per heavy atom. The van der Waals surface area contributed by atoms with Gasteiger partial charge in [0.2, 0.25) is 5.91 Å². The number of carbonyl (C=O) groups excluding carboxylic acids is 1. The minimum Gasteiger partial charge on any atom is -0.496 e. The van der Waals surface area contributed by atoms with Gasteiger partial charge in [-0.05, 0) is 62.9 Å². The van der Waals surface area contributed by atoms with E-state index in [2.05, 4.69) is 62.6 Å². The standard InChI is InChI=1S/C31H41N5O3/c1-19(2)24-13-12-20(3)28(14-24)39-18-26-23(6)33-30(25-10-8-9-11-27(25)38-7)34-31(26)36-16-21(4)35(15-22(36)5)17-29(32)37/h8-14,19,21-22H,15-18H2,1-7H3,(H2,32,37)/t21-,22+/m1/s1. The van der Waals surface area contributed by atoms with Gasteiger partial charge < -0.3 is 20.1 Å². The van der Waals surface area contributed by atoms with Crippen LogP contribution in [-0.4, -0.2) is 59.6 Å². The van der Waals surface area contributed by atoms with Crippen molar-refractivity contribution in [2.75, 3.05) is 31.6 Å². The van der Waals surface area contributed by atoms with E-state index in [9.17, 15) is 4.79 Å². The van der Waals surface area contributed by atoms with Crippen molar-refractivity contribution >= 4 is 11.7 Å². The molecule has 1 aliphatic heterocycles. The average molecular weight is 532 g/mol. The summed E-state index contributed by atoms with van der Waals surface area (Å²) < 4.78 is 12.1. The number of nitrogens with two attached hydrogens (primary N) is 1. The number of hydrogen-bond donors (Lipinski definition) is 1. The van der Waals surface area contributed by atoms with Crippen molar-refractivity contribution in [2.24, 2.45) is 5.73 Å². The molecule has 8 heteroatoms. The molecule has 1 aromatic heterocycles. The summed E-state index contributed by atoms with van der Waals surface area (Å²) in [5, 5.41) is 0. The van der Waals surface area contributed by atoms with Gasteiger partial charge in [0.1, 0.15) is 23.9 Å². The van der Waals surface area contributed by atoms with Crippen molar-refractivity contribution < 1.29 is 14.3 Å². The van der Waals surface area contributed by atoms with Crippen LogP contribution in [0.1, 0.15) is 56.0 Å². The molecule has 2 atom stereocenters. The first-order chi connectivity index (χ1) is 18.6. The molecule has 2 N–H and O–H groups in total. The zero-order valence-electron chi connectivity index (χ0n) is 24.2. The van der Waals surface area contributed by atoms with E-state index in [0.29, 0.717) is 31.4 Å². The highest BCUT2D eigenvalue weighted by atomic mass is 16.5. The van der Waals surface area contributed by atoms with Crippen LogP contribution in [0.3, 0.4) is 0 Å². The Kier molecular flexibility index (Phi) is 8.75. The number of aromatic nitrogens is 2. The summed E-state index contributed by atoms with van der Waals surface area (Å²) in [4.78, 5) is 26.2. The minimum absolute atomic E-state index is 0.102. The van der Waals surface area contributed by atoms with Crippen molar-refractivity contribution in [3.63, 3.8) is 0 Å². The normalized spacial score (nSPS) is 17.9. The largest absolute Gasteiger partial charge is 0.496 e. The summed E-state index contributed by atoms with van der Waals surface area (Å²) in [5.41, 5.74) is 10.5. The number of hydrogen-bond acceptors (Lipinski definition) is 7. The molecule has 1 saturated heterocycles. The number of rotatable bonds is 9. The van der Waals surface area contributed by atoms with Gasteiger partial charge in [0, 0.05) is 25.2 Å². The van der Waals surface area contributed by atoms with Gasteiger partial charge in [-0.2, -0.15) is 0 Å². The second-order valence-electron chi connectivity index (χ2n) is 10.8. The van der Waals surface area contributed by atoms with Gasteiger partial charge in [-0.15, -0.1) is 0 Å². The lowest BCUT2D eigenvalue weighted by molar-refractivity contribution is -0.119. The number of nitrogens with zero attached hydrogens (tertiary/aromatic N) is 4. The van der Waals surface area contributed by atoms with Crippen molar-refractivity contribution in [2.45, 2.75) is 66.2 Å². The number of ether oxygens (including phenoxy) is 2. The second-order valence-corrected chi connectivity index (χ2v) is 10.8. The van der Waals surface area contributed by atoms with Gasteiger partial charge in [0.05, 0.1) is 30.5 Å². The van der Waals surface area contributed by atoms with E-state index in [0.717, 1.165) is 39.7 Å². The number of primary amides is 1. The average Bonchev–Trinajstić information content (AvgIpc) is 2.90. The highest BCUT2D eigenvalue weighted by Crippen LogP contribution is 2.34. The van der Waals surface area contributed by atoms with Crippen LogP contribution in [0.25, 0.3) is 11.4 Å².